The minimum absolute atomic E-state index is 0.138. The number of hydrogen-bond donors (Lipinski definition) is 1. The Morgan fingerprint density at radius 3 is 2.29 bits per heavy atom. The molecule has 4 amide bonds. The number of carbonyl (C=O) groups excluding carboxylic acids is 3. The summed E-state index contributed by atoms with van der Waals surface area (Å²) in [5.41, 5.74) is 0.319. The Kier molecular flexibility index (Phi) is 7.43. The highest BCUT2D eigenvalue weighted by Gasteiger charge is 2.35. The number of benzene rings is 1. The highest BCUT2D eigenvalue weighted by Crippen LogP contribution is 2.40. The highest BCUT2D eigenvalue weighted by molar-refractivity contribution is 6.31. The van der Waals surface area contributed by atoms with Gasteiger partial charge in [0.2, 0.25) is 5.75 Å². The van der Waals surface area contributed by atoms with Crippen LogP contribution in [0.3, 0.4) is 0 Å². The van der Waals surface area contributed by atoms with Crippen molar-refractivity contribution in [1.29, 1.82) is 0 Å². The number of nitrogens with one attached hydrogen (secondary N) is 1. The molecule has 1 aromatic carbocycles. The van der Waals surface area contributed by atoms with E-state index in [1.165, 1.54) is 27.4 Å². The molecule has 1 fully saturated rings. The van der Waals surface area contributed by atoms with Crippen molar-refractivity contribution in [2.75, 3.05) is 27.9 Å². The average Bonchev–Trinajstić information content (AvgIpc) is 2.69. The minimum atomic E-state index is -0.739. The Balaban J connectivity index is 2.36. The standard InChI is InChI=1S/C20H26N2O6/c1-5-6-7-8-11-22-19(24)14(18(23)21-20(22)25)12-13-9-10-15(26-2)17(28-4)16(13)27-3/h9-10,12H,5-8,11H2,1-4H3,(H,21,23,25)/b14-12+. The van der Waals surface area contributed by atoms with E-state index < -0.39 is 17.8 Å². The first-order valence-electron chi connectivity index (χ1n) is 9.16. The fourth-order valence-electron chi connectivity index (χ4n) is 2.99. The van der Waals surface area contributed by atoms with Crippen LogP contribution in [0.1, 0.15) is 38.2 Å². The van der Waals surface area contributed by atoms with Gasteiger partial charge in [-0.3, -0.25) is 19.8 Å². The number of urea groups is 1. The van der Waals surface area contributed by atoms with Crippen molar-refractivity contribution in [2.24, 2.45) is 0 Å². The van der Waals surface area contributed by atoms with Gasteiger partial charge in [0.05, 0.1) is 21.3 Å². The molecule has 152 valence electrons. The molecule has 0 unspecified atom stereocenters. The molecule has 28 heavy (non-hydrogen) atoms. The normalized spacial score (nSPS) is 15.6. The van der Waals surface area contributed by atoms with Gasteiger partial charge in [-0.1, -0.05) is 26.2 Å². The molecule has 1 aliphatic heterocycles. The van der Waals surface area contributed by atoms with Crippen LogP contribution in [0.5, 0.6) is 17.2 Å². The van der Waals surface area contributed by atoms with E-state index in [2.05, 4.69) is 12.2 Å². The lowest BCUT2D eigenvalue weighted by Gasteiger charge is -2.26. The summed E-state index contributed by atoms with van der Waals surface area (Å²) in [6.07, 6.45) is 5.05. The fourth-order valence-corrected chi connectivity index (χ4v) is 2.99. The lowest BCUT2D eigenvalue weighted by Crippen LogP contribution is -2.54. The Morgan fingerprint density at radius 2 is 1.68 bits per heavy atom. The van der Waals surface area contributed by atoms with Crippen LogP contribution < -0.4 is 19.5 Å². The van der Waals surface area contributed by atoms with Crippen molar-refractivity contribution < 1.29 is 28.6 Å². The summed E-state index contributed by atoms with van der Waals surface area (Å²) in [6, 6.07) is 2.60. The van der Waals surface area contributed by atoms with Crippen molar-refractivity contribution in [3.05, 3.63) is 23.3 Å². The van der Waals surface area contributed by atoms with Gasteiger partial charge in [0, 0.05) is 12.1 Å². The average molecular weight is 390 g/mol. The van der Waals surface area contributed by atoms with Gasteiger partial charge in [0.1, 0.15) is 5.57 Å². The first-order valence-corrected chi connectivity index (χ1v) is 9.16. The van der Waals surface area contributed by atoms with E-state index >= 15 is 0 Å². The Labute approximate surface area is 164 Å². The van der Waals surface area contributed by atoms with Crippen molar-refractivity contribution in [2.45, 2.75) is 32.6 Å². The molecule has 0 radical (unpaired) electrons. The predicted octanol–water partition coefficient (Wildman–Crippen LogP) is 2.75. The van der Waals surface area contributed by atoms with Crippen molar-refractivity contribution in [1.82, 2.24) is 10.2 Å². The second-order valence-electron chi connectivity index (χ2n) is 6.26. The zero-order chi connectivity index (χ0) is 20.7. The quantitative estimate of drug-likeness (QED) is 0.396. The molecule has 1 aromatic rings. The largest absolute Gasteiger partial charge is 0.493 e. The van der Waals surface area contributed by atoms with Crippen LogP contribution in [-0.2, 0) is 9.59 Å². The van der Waals surface area contributed by atoms with Gasteiger partial charge in [-0.2, -0.15) is 0 Å². The van der Waals surface area contributed by atoms with Crippen molar-refractivity contribution >= 4 is 23.9 Å². The molecule has 1 saturated heterocycles. The summed E-state index contributed by atoms with van der Waals surface area (Å²) in [5, 5.41) is 2.22. The number of imide groups is 2. The second kappa shape index (κ2) is 9.77. The van der Waals surface area contributed by atoms with Crippen LogP contribution in [0.15, 0.2) is 17.7 Å². The zero-order valence-electron chi connectivity index (χ0n) is 16.7. The maximum atomic E-state index is 12.8. The Bertz CT molecular complexity index is 787. The molecule has 1 aliphatic rings. The third kappa shape index (κ3) is 4.44. The molecule has 2 rings (SSSR count). The number of methoxy groups -OCH3 is 3. The predicted molar refractivity (Wildman–Crippen MR) is 103 cm³/mol. The topological polar surface area (TPSA) is 94.2 Å². The number of rotatable bonds is 9. The van der Waals surface area contributed by atoms with E-state index in [9.17, 15) is 14.4 Å². The summed E-state index contributed by atoms with van der Waals surface area (Å²) in [5.74, 6) is -0.246. The maximum Gasteiger partial charge on any atom is 0.331 e. The summed E-state index contributed by atoms with van der Waals surface area (Å²) >= 11 is 0. The SMILES string of the molecule is CCCCCCN1C(=O)NC(=O)/C(=C\c2ccc(OC)c(OC)c2OC)C1=O. The van der Waals surface area contributed by atoms with E-state index in [0.717, 1.165) is 24.2 Å². The van der Waals surface area contributed by atoms with Crippen molar-refractivity contribution in [3.8, 4) is 17.2 Å². The number of carbonyl (C=O) groups is 3. The van der Waals surface area contributed by atoms with E-state index in [-0.39, 0.29) is 12.1 Å². The van der Waals surface area contributed by atoms with Crippen LogP contribution >= 0.6 is 0 Å². The first kappa shape index (κ1) is 21.3. The minimum Gasteiger partial charge on any atom is -0.493 e. The van der Waals surface area contributed by atoms with Gasteiger partial charge >= 0.3 is 6.03 Å². The maximum absolute atomic E-state index is 12.8. The molecule has 0 spiro atoms. The first-order chi connectivity index (χ1) is 13.5. The zero-order valence-corrected chi connectivity index (χ0v) is 16.7. The molecule has 1 N–H and O–H groups in total. The van der Waals surface area contributed by atoms with Gasteiger partial charge in [-0.05, 0) is 24.6 Å². The molecule has 0 bridgehead atoms. The summed E-state index contributed by atoms with van der Waals surface area (Å²) in [7, 11) is 4.41. The number of unbranched alkanes of at least 4 members (excludes halogenated alkanes) is 3. The molecule has 1 heterocycles. The van der Waals surface area contributed by atoms with Gasteiger partial charge in [0.15, 0.2) is 11.5 Å². The second-order valence-corrected chi connectivity index (χ2v) is 6.26. The Morgan fingerprint density at radius 1 is 0.964 bits per heavy atom. The molecule has 0 saturated carbocycles. The lowest BCUT2D eigenvalue weighted by molar-refractivity contribution is -0.130. The molecule has 0 aliphatic carbocycles. The molecular weight excluding hydrogens is 364 g/mol. The van der Waals surface area contributed by atoms with Gasteiger partial charge in [-0.25, -0.2) is 4.79 Å². The molecule has 0 atom stereocenters. The summed E-state index contributed by atoms with van der Waals surface area (Å²) < 4.78 is 16.0. The molecule has 8 nitrogen and oxygen atoms in total. The lowest BCUT2D eigenvalue weighted by atomic mass is 10.1. The fraction of sp³-hybridized carbons (Fsp3) is 0.450. The molecular formula is C20H26N2O6. The molecule has 0 aromatic heterocycles. The number of amides is 4. The van der Waals surface area contributed by atoms with Crippen LogP contribution in [0.2, 0.25) is 0 Å². The van der Waals surface area contributed by atoms with Crippen LogP contribution in [0, 0.1) is 0 Å². The number of ether oxygens (including phenoxy) is 3. The monoisotopic (exact) mass is 390 g/mol. The van der Waals surface area contributed by atoms with E-state index in [1.54, 1.807) is 12.1 Å². The number of barbiturate groups is 1. The van der Waals surface area contributed by atoms with E-state index in [1.807, 2.05) is 0 Å². The summed E-state index contributed by atoms with van der Waals surface area (Å²) in [6.45, 7) is 2.34. The van der Waals surface area contributed by atoms with E-state index in [4.69, 9.17) is 14.2 Å². The Hall–Kier alpha value is -3.03. The van der Waals surface area contributed by atoms with Crippen LogP contribution in [-0.4, -0.2) is 50.6 Å². The third-order valence-electron chi connectivity index (χ3n) is 4.46. The molecule has 8 heteroatoms. The smallest absolute Gasteiger partial charge is 0.331 e. The highest BCUT2D eigenvalue weighted by atomic mass is 16.5. The van der Waals surface area contributed by atoms with Crippen molar-refractivity contribution in [3.63, 3.8) is 0 Å². The van der Waals surface area contributed by atoms with Gasteiger partial charge < -0.3 is 14.2 Å². The van der Waals surface area contributed by atoms with E-state index in [0.29, 0.717) is 29.2 Å². The number of nitrogens with zero attached hydrogens (tertiary/aromatic N) is 1. The van der Waals surface area contributed by atoms with Gasteiger partial charge in [0.25, 0.3) is 11.8 Å². The number of hydrogen-bond acceptors (Lipinski definition) is 6. The van der Waals surface area contributed by atoms with Crippen LogP contribution in [0.4, 0.5) is 4.79 Å². The van der Waals surface area contributed by atoms with Gasteiger partial charge in [-0.15, -0.1) is 0 Å². The third-order valence-corrected chi connectivity index (χ3v) is 4.46. The van der Waals surface area contributed by atoms with Crippen LogP contribution in [0.25, 0.3) is 6.08 Å². The summed E-state index contributed by atoms with van der Waals surface area (Å²) in [4.78, 5) is 38.2.